The molecular weight excluding hydrogens is 320 g/mol. The SMILES string of the molecule is CCOc1cccc(Nc2nc(N)nc3c2ncn3C2CCCO2)c1. The second kappa shape index (κ2) is 6.56. The summed E-state index contributed by atoms with van der Waals surface area (Å²) < 4.78 is 13.2. The van der Waals surface area contributed by atoms with Crippen LogP contribution in [0.3, 0.4) is 0 Å². The van der Waals surface area contributed by atoms with Crippen molar-refractivity contribution in [1.29, 1.82) is 0 Å². The molecule has 25 heavy (non-hydrogen) atoms. The third-order valence-electron chi connectivity index (χ3n) is 4.06. The number of nitrogens with two attached hydrogens (primary N) is 1. The first kappa shape index (κ1) is 15.6. The summed E-state index contributed by atoms with van der Waals surface area (Å²) >= 11 is 0. The van der Waals surface area contributed by atoms with Crippen molar-refractivity contribution in [2.45, 2.75) is 26.0 Å². The Hall–Kier alpha value is -2.87. The Morgan fingerprint density at radius 3 is 3.12 bits per heavy atom. The molecule has 0 radical (unpaired) electrons. The Morgan fingerprint density at radius 2 is 2.32 bits per heavy atom. The van der Waals surface area contributed by atoms with Crippen LogP contribution in [0, 0.1) is 0 Å². The number of nitrogen functional groups attached to an aromatic ring is 1. The molecule has 3 aromatic rings. The molecule has 0 bridgehead atoms. The molecule has 1 unspecified atom stereocenters. The van der Waals surface area contributed by atoms with Crippen LogP contribution in [0.25, 0.3) is 11.2 Å². The Balaban J connectivity index is 1.71. The summed E-state index contributed by atoms with van der Waals surface area (Å²) in [6, 6.07) is 7.67. The van der Waals surface area contributed by atoms with Gasteiger partial charge in [0.2, 0.25) is 5.95 Å². The van der Waals surface area contributed by atoms with Crippen LogP contribution in [-0.4, -0.2) is 32.7 Å². The van der Waals surface area contributed by atoms with Crippen LogP contribution in [-0.2, 0) is 4.74 Å². The number of imidazole rings is 1. The lowest BCUT2D eigenvalue weighted by atomic mass is 10.3. The molecule has 1 aromatic carbocycles. The minimum absolute atomic E-state index is 0.0477. The molecule has 0 amide bonds. The molecule has 0 saturated carbocycles. The summed E-state index contributed by atoms with van der Waals surface area (Å²) in [5.41, 5.74) is 8.09. The van der Waals surface area contributed by atoms with Gasteiger partial charge >= 0.3 is 0 Å². The minimum atomic E-state index is -0.0477. The van der Waals surface area contributed by atoms with E-state index in [2.05, 4.69) is 20.3 Å². The van der Waals surface area contributed by atoms with Crippen LogP contribution < -0.4 is 15.8 Å². The van der Waals surface area contributed by atoms with Crippen molar-refractivity contribution >= 4 is 28.6 Å². The van der Waals surface area contributed by atoms with E-state index in [9.17, 15) is 0 Å². The average Bonchev–Trinajstić information content (AvgIpc) is 3.24. The largest absolute Gasteiger partial charge is 0.494 e. The molecule has 130 valence electrons. The van der Waals surface area contributed by atoms with Gasteiger partial charge in [-0.2, -0.15) is 9.97 Å². The molecule has 0 aliphatic carbocycles. The zero-order valence-corrected chi connectivity index (χ0v) is 14.0. The molecule has 4 rings (SSSR count). The molecule has 2 aromatic heterocycles. The highest BCUT2D eigenvalue weighted by atomic mass is 16.5. The lowest BCUT2D eigenvalue weighted by Gasteiger charge is -2.12. The van der Waals surface area contributed by atoms with E-state index < -0.39 is 0 Å². The van der Waals surface area contributed by atoms with Crippen molar-refractivity contribution in [3.63, 3.8) is 0 Å². The van der Waals surface area contributed by atoms with E-state index in [1.807, 2.05) is 35.8 Å². The highest BCUT2D eigenvalue weighted by Crippen LogP contribution is 2.30. The van der Waals surface area contributed by atoms with Crippen LogP contribution in [0.5, 0.6) is 5.75 Å². The molecule has 1 fully saturated rings. The summed E-state index contributed by atoms with van der Waals surface area (Å²) in [6.45, 7) is 3.31. The minimum Gasteiger partial charge on any atom is -0.494 e. The van der Waals surface area contributed by atoms with Crippen LogP contribution in [0.15, 0.2) is 30.6 Å². The van der Waals surface area contributed by atoms with Gasteiger partial charge in [0, 0.05) is 18.4 Å². The first-order valence-electron chi connectivity index (χ1n) is 8.36. The maximum atomic E-state index is 5.91. The number of hydrogen-bond donors (Lipinski definition) is 2. The molecular formula is C17H20N6O2. The van der Waals surface area contributed by atoms with E-state index >= 15 is 0 Å². The number of rotatable bonds is 5. The van der Waals surface area contributed by atoms with Crippen molar-refractivity contribution in [2.75, 3.05) is 24.3 Å². The van der Waals surface area contributed by atoms with Gasteiger partial charge in [-0.25, -0.2) is 4.98 Å². The summed E-state index contributed by atoms with van der Waals surface area (Å²) in [4.78, 5) is 13.1. The average molecular weight is 340 g/mol. The first-order valence-corrected chi connectivity index (χ1v) is 8.36. The zero-order valence-electron chi connectivity index (χ0n) is 14.0. The van der Waals surface area contributed by atoms with E-state index in [0.717, 1.165) is 30.9 Å². The molecule has 1 atom stereocenters. The molecule has 1 aliphatic rings. The fourth-order valence-electron chi connectivity index (χ4n) is 2.98. The van der Waals surface area contributed by atoms with Crippen LogP contribution in [0.1, 0.15) is 26.0 Å². The van der Waals surface area contributed by atoms with E-state index in [0.29, 0.717) is 23.6 Å². The van der Waals surface area contributed by atoms with Gasteiger partial charge < -0.3 is 20.5 Å². The maximum absolute atomic E-state index is 5.91. The van der Waals surface area contributed by atoms with E-state index in [1.54, 1.807) is 6.33 Å². The van der Waals surface area contributed by atoms with Crippen molar-refractivity contribution in [3.05, 3.63) is 30.6 Å². The van der Waals surface area contributed by atoms with Gasteiger partial charge in [0.15, 0.2) is 17.0 Å². The summed E-state index contributed by atoms with van der Waals surface area (Å²) in [6.07, 6.45) is 3.65. The molecule has 3 N–H and O–H groups in total. The molecule has 1 aliphatic heterocycles. The fraction of sp³-hybridized carbons (Fsp3) is 0.353. The van der Waals surface area contributed by atoms with Crippen molar-refractivity contribution in [1.82, 2.24) is 19.5 Å². The predicted molar refractivity (Wildman–Crippen MR) is 94.9 cm³/mol. The highest BCUT2D eigenvalue weighted by Gasteiger charge is 2.22. The van der Waals surface area contributed by atoms with Crippen LogP contribution >= 0.6 is 0 Å². The molecule has 0 spiro atoms. The number of fused-ring (bicyclic) bond motifs is 1. The van der Waals surface area contributed by atoms with Crippen molar-refractivity contribution in [2.24, 2.45) is 0 Å². The van der Waals surface area contributed by atoms with E-state index in [-0.39, 0.29) is 12.2 Å². The summed E-state index contributed by atoms with van der Waals surface area (Å²) in [7, 11) is 0. The second-order valence-corrected chi connectivity index (χ2v) is 5.81. The quantitative estimate of drug-likeness (QED) is 0.736. The van der Waals surface area contributed by atoms with Crippen LogP contribution in [0.4, 0.5) is 17.5 Å². The van der Waals surface area contributed by atoms with Gasteiger partial charge in [0.25, 0.3) is 0 Å². The van der Waals surface area contributed by atoms with Gasteiger partial charge in [0.05, 0.1) is 12.9 Å². The zero-order chi connectivity index (χ0) is 17.2. The normalized spacial score (nSPS) is 17.1. The lowest BCUT2D eigenvalue weighted by molar-refractivity contribution is 0.0593. The number of ether oxygens (including phenoxy) is 2. The smallest absolute Gasteiger partial charge is 0.224 e. The van der Waals surface area contributed by atoms with E-state index in [1.165, 1.54) is 0 Å². The Bertz CT molecular complexity index is 888. The number of hydrogen-bond acceptors (Lipinski definition) is 7. The second-order valence-electron chi connectivity index (χ2n) is 5.81. The lowest BCUT2D eigenvalue weighted by Crippen LogP contribution is -2.08. The predicted octanol–water partition coefficient (Wildman–Crippen LogP) is 2.86. The van der Waals surface area contributed by atoms with Gasteiger partial charge in [-0.05, 0) is 31.9 Å². The van der Waals surface area contributed by atoms with Crippen molar-refractivity contribution < 1.29 is 9.47 Å². The Kier molecular flexibility index (Phi) is 4.10. The number of nitrogens with one attached hydrogen (secondary N) is 1. The van der Waals surface area contributed by atoms with Gasteiger partial charge in [-0.15, -0.1) is 0 Å². The number of benzene rings is 1. The van der Waals surface area contributed by atoms with Gasteiger partial charge in [-0.1, -0.05) is 6.07 Å². The Morgan fingerprint density at radius 1 is 1.40 bits per heavy atom. The fourth-order valence-corrected chi connectivity index (χ4v) is 2.98. The summed E-state index contributed by atoms with van der Waals surface area (Å²) in [5, 5.41) is 3.26. The standard InChI is InChI=1S/C17H20N6O2/c1-2-24-12-6-3-5-11(9-12)20-15-14-16(22-17(18)21-15)23(10-19-14)13-7-4-8-25-13/h3,5-6,9-10,13H,2,4,7-8H2,1H3,(H3,18,20,21,22). The van der Waals surface area contributed by atoms with Crippen LogP contribution in [0.2, 0.25) is 0 Å². The molecule has 8 nitrogen and oxygen atoms in total. The highest BCUT2D eigenvalue weighted by molar-refractivity contribution is 5.86. The molecule has 3 heterocycles. The van der Waals surface area contributed by atoms with Gasteiger partial charge in [0.1, 0.15) is 12.0 Å². The molecule has 8 heteroatoms. The number of aromatic nitrogens is 4. The third kappa shape index (κ3) is 3.08. The maximum Gasteiger partial charge on any atom is 0.224 e. The van der Waals surface area contributed by atoms with E-state index in [4.69, 9.17) is 15.2 Å². The monoisotopic (exact) mass is 340 g/mol. The number of anilines is 3. The first-order chi connectivity index (χ1) is 12.2. The number of nitrogens with zero attached hydrogens (tertiary/aromatic N) is 4. The molecule has 1 saturated heterocycles. The summed E-state index contributed by atoms with van der Waals surface area (Å²) in [5.74, 6) is 1.54. The Labute approximate surface area is 145 Å². The van der Waals surface area contributed by atoms with Crippen molar-refractivity contribution in [3.8, 4) is 5.75 Å². The topological polar surface area (TPSA) is 100 Å². The van der Waals surface area contributed by atoms with Gasteiger partial charge in [-0.3, -0.25) is 4.57 Å². The third-order valence-corrected chi connectivity index (χ3v) is 4.06.